The van der Waals surface area contributed by atoms with Crippen LogP contribution in [-0.4, -0.2) is 33.4 Å². The maximum Gasteiger partial charge on any atom is 0.434 e. The van der Waals surface area contributed by atoms with Crippen LogP contribution in [0.4, 0.5) is 18.9 Å². The van der Waals surface area contributed by atoms with Crippen LogP contribution in [0.2, 0.25) is 0 Å². The summed E-state index contributed by atoms with van der Waals surface area (Å²) in [5.74, 6) is 3.70. The van der Waals surface area contributed by atoms with Crippen LogP contribution in [0.25, 0.3) is 11.4 Å². The minimum atomic E-state index is -4.86. The van der Waals surface area contributed by atoms with E-state index in [0.717, 1.165) is 11.2 Å². The van der Waals surface area contributed by atoms with E-state index in [9.17, 15) is 22.8 Å². The summed E-state index contributed by atoms with van der Waals surface area (Å²) in [6, 6.07) is 11.5. The third kappa shape index (κ3) is 5.18. The summed E-state index contributed by atoms with van der Waals surface area (Å²) in [6.07, 6.45) is -2.72. The van der Waals surface area contributed by atoms with E-state index in [1.807, 2.05) is 0 Å². The molecule has 1 heterocycles. The van der Waals surface area contributed by atoms with E-state index >= 15 is 0 Å². The topological polar surface area (TPSA) is 137 Å². The first-order valence-corrected chi connectivity index (χ1v) is 9.80. The average Bonchev–Trinajstić information content (AvgIpc) is 3.25. The molecule has 0 radical (unpaired) electrons. The highest BCUT2D eigenvalue weighted by Crippen LogP contribution is 2.34. The third-order valence-corrected chi connectivity index (χ3v) is 4.65. The van der Waals surface area contributed by atoms with Crippen molar-refractivity contribution >= 4 is 23.3 Å². The first kappa shape index (κ1) is 24.3. The van der Waals surface area contributed by atoms with Crippen molar-refractivity contribution in [1.82, 2.24) is 9.78 Å². The van der Waals surface area contributed by atoms with Crippen LogP contribution in [0.5, 0.6) is 0 Å². The number of hydrogen-bond donors (Lipinski definition) is 3. The van der Waals surface area contributed by atoms with E-state index in [-0.39, 0.29) is 23.6 Å². The number of hydrazine groups is 1. The van der Waals surface area contributed by atoms with Gasteiger partial charge in [0.25, 0.3) is 0 Å². The molecule has 0 aliphatic rings. The molecule has 0 aliphatic heterocycles. The predicted octanol–water partition coefficient (Wildman–Crippen LogP) is 3.40. The molecule has 178 valence electrons. The molecule has 3 aromatic rings. The molecular formula is C22H20F3N5O4. The van der Waals surface area contributed by atoms with Crippen molar-refractivity contribution in [3.63, 3.8) is 0 Å². The Morgan fingerprint density at radius 1 is 1.18 bits per heavy atom. The number of aromatic nitrogens is 2. The SMILES string of the molecule is CCOC(=O)c1cnn(-c2ccc(/C(N)=C/N(N)c3cccc(C(=O)O)c3)cc2)c1C(F)(F)F. The number of rotatable bonds is 7. The number of alkyl halides is 3. The number of aromatic carboxylic acids is 1. The Hall–Kier alpha value is -4.32. The smallest absolute Gasteiger partial charge is 0.434 e. The molecule has 2 aromatic carbocycles. The molecule has 0 saturated carbocycles. The van der Waals surface area contributed by atoms with Gasteiger partial charge in [0.2, 0.25) is 0 Å². The van der Waals surface area contributed by atoms with Gasteiger partial charge in [-0.2, -0.15) is 18.3 Å². The lowest BCUT2D eigenvalue weighted by Crippen LogP contribution is -2.26. The summed E-state index contributed by atoms with van der Waals surface area (Å²) in [5, 5.41) is 13.9. The third-order valence-electron chi connectivity index (χ3n) is 4.65. The average molecular weight is 475 g/mol. The zero-order valence-electron chi connectivity index (χ0n) is 17.8. The van der Waals surface area contributed by atoms with E-state index in [2.05, 4.69) is 5.10 Å². The number of carboxylic acid groups (broad SMARTS) is 1. The monoisotopic (exact) mass is 475 g/mol. The number of ether oxygens (including phenoxy) is 1. The van der Waals surface area contributed by atoms with Crippen molar-refractivity contribution in [3.8, 4) is 5.69 Å². The van der Waals surface area contributed by atoms with Gasteiger partial charge in [-0.15, -0.1) is 0 Å². The van der Waals surface area contributed by atoms with Crippen LogP contribution in [0.15, 0.2) is 60.9 Å². The van der Waals surface area contributed by atoms with Crippen molar-refractivity contribution in [2.45, 2.75) is 13.1 Å². The second kappa shape index (κ2) is 9.67. The van der Waals surface area contributed by atoms with E-state index in [1.165, 1.54) is 55.6 Å². The second-order valence-corrected chi connectivity index (χ2v) is 6.93. The van der Waals surface area contributed by atoms with Crippen LogP contribution in [0.1, 0.15) is 38.9 Å². The van der Waals surface area contributed by atoms with Gasteiger partial charge in [0.05, 0.1) is 35.4 Å². The zero-order valence-corrected chi connectivity index (χ0v) is 17.8. The van der Waals surface area contributed by atoms with Gasteiger partial charge >= 0.3 is 18.1 Å². The van der Waals surface area contributed by atoms with Crippen LogP contribution >= 0.6 is 0 Å². The Balaban J connectivity index is 1.90. The van der Waals surface area contributed by atoms with Gasteiger partial charge < -0.3 is 15.6 Å². The van der Waals surface area contributed by atoms with Crippen LogP contribution in [0, 0.1) is 0 Å². The molecule has 0 aliphatic carbocycles. The summed E-state index contributed by atoms with van der Waals surface area (Å²) in [6.45, 7) is 1.40. The quantitative estimate of drug-likeness (QED) is 0.269. The van der Waals surface area contributed by atoms with E-state index in [0.29, 0.717) is 15.9 Å². The van der Waals surface area contributed by atoms with Crippen molar-refractivity contribution in [3.05, 3.63) is 83.3 Å². The number of halogens is 3. The number of nitrogens with zero attached hydrogens (tertiary/aromatic N) is 3. The largest absolute Gasteiger partial charge is 0.478 e. The maximum atomic E-state index is 13.7. The highest BCUT2D eigenvalue weighted by molar-refractivity contribution is 5.91. The lowest BCUT2D eigenvalue weighted by Gasteiger charge is -2.16. The molecule has 34 heavy (non-hydrogen) atoms. The molecule has 9 nitrogen and oxygen atoms in total. The molecule has 0 spiro atoms. The summed E-state index contributed by atoms with van der Waals surface area (Å²) < 4.78 is 46.3. The zero-order chi connectivity index (χ0) is 25.0. The number of carboxylic acids is 1. The van der Waals surface area contributed by atoms with Crippen molar-refractivity contribution in [2.75, 3.05) is 11.6 Å². The highest BCUT2D eigenvalue weighted by atomic mass is 19.4. The molecule has 0 amide bonds. The van der Waals surface area contributed by atoms with Gasteiger partial charge in [-0.1, -0.05) is 18.2 Å². The standard InChI is InChI=1S/C22H20F3N5O4/c1-2-34-21(33)17-11-28-30(19(17)22(23,24)25)15-8-6-13(7-9-15)18(26)12-29(27)16-5-3-4-14(10-16)20(31)32/h3-12H,2,26-27H2,1H3,(H,31,32)/b18-12-. The van der Waals surface area contributed by atoms with Crippen molar-refractivity contribution in [2.24, 2.45) is 11.6 Å². The molecule has 1 aromatic heterocycles. The van der Waals surface area contributed by atoms with E-state index in [4.69, 9.17) is 21.4 Å². The molecule has 3 rings (SSSR count). The number of esters is 1. The Labute approximate surface area is 191 Å². The van der Waals surface area contributed by atoms with Crippen molar-refractivity contribution in [1.29, 1.82) is 0 Å². The van der Waals surface area contributed by atoms with Gasteiger partial charge in [0, 0.05) is 6.20 Å². The molecule has 5 N–H and O–H groups in total. The Bertz CT molecular complexity index is 1240. The van der Waals surface area contributed by atoms with Gasteiger partial charge in [-0.05, 0) is 42.8 Å². The molecule has 0 atom stereocenters. The molecule has 0 fully saturated rings. The normalized spacial score (nSPS) is 11.9. The summed E-state index contributed by atoms with van der Waals surface area (Å²) >= 11 is 0. The minimum absolute atomic E-state index is 0.0335. The number of carbonyl (C=O) groups is 2. The first-order chi connectivity index (χ1) is 16.0. The van der Waals surface area contributed by atoms with E-state index < -0.39 is 29.4 Å². The summed E-state index contributed by atoms with van der Waals surface area (Å²) in [7, 11) is 0. The number of nitrogens with two attached hydrogens (primary N) is 2. The highest BCUT2D eigenvalue weighted by Gasteiger charge is 2.41. The first-order valence-electron chi connectivity index (χ1n) is 9.80. The predicted molar refractivity (Wildman–Crippen MR) is 117 cm³/mol. The number of anilines is 1. The fourth-order valence-electron chi connectivity index (χ4n) is 3.07. The van der Waals surface area contributed by atoms with E-state index in [1.54, 1.807) is 6.07 Å². The van der Waals surface area contributed by atoms with Gasteiger partial charge in [0.15, 0.2) is 5.69 Å². The van der Waals surface area contributed by atoms with Gasteiger partial charge in [0.1, 0.15) is 5.56 Å². The summed E-state index contributed by atoms with van der Waals surface area (Å²) in [4.78, 5) is 23.1. The van der Waals surface area contributed by atoms with Gasteiger partial charge in [-0.3, -0.25) is 5.01 Å². The van der Waals surface area contributed by atoms with Crippen LogP contribution in [0.3, 0.4) is 0 Å². The molecule has 12 heteroatoms. The Kier molecular flexibility index (Phi) is 6.92. The fraction of sp³-hybridized carbons (Fsp3) is 0.136. The van der Waals surface area contributed by atoms with Crippen molar-refractivity contribution < 1.29 is 32.6 Å². The van der Waals surface area contributed by atoms with Gasteiger partial charge in [-0.25, -0.2) is 20.1 Å². The lowest BCUT2D eigenvalue weighted by molar-refractivity contribution is -0.143. The number of benzene rings is 2. The van der Waals surface area contributed by atoms with Crippen LogP contribution < -0.4 is 16.6 Å². The minimum Gasteiger partial charge on any atom is -0.478 e. The number of carbonyl (C=O) groups excluding carboxylic acids is 1. The number of hydrogen-bond acceptors (Lipinski definition) is 7. The Morgan fingerprint density at radius 3 is 2.44 bits per heavy atom. The summed E-state index contributed by atoms with van der Waals surface area (Å²) in [5.41, 5.74) is 5.13. The lowest BCUT2D eigenvalue weighted by atomic mass is 10.1. The maximum absolute atomic E-state index is 13.7. The molecule has 0 saturated heterocycles. The molecule has 0 unspecified atom stereocenters. The molecule has 0 bridgehead atoms. The van der Waals surface area contributed by atoms with Crippen LogP contribution in [-0.2, 0) is 10.9 Å². The molecular weight excluding hydrogens is 455 g/mol. The Morgan fingerprint density at radius 2 is 1.85 bits per heavy atom. The second-order valence-electron chi connectivity index (χ2n) is 6.93. The fourth-order valence-corrected chi connectivity index (χ4v) is 3.07.